The molecule has 0 fully saturated rings. The topological polar surface area (TPSA) is 58.6 Å². The van der Waals surface area contributed by atoms with Crippen LogP contribution in [0.25, 0.3) is 0 Å². The Morgan fingerprint density at radius 2 is 2.15 bits per heavy atom. The van der Waals surface area contributed by atoms with Crippen LogP contribution in [0, 0.1) is 5.82 Å². The zero-order valence-corrected chi connectivity index (χ0v) is 12.3. The molecule has 0 heterocycles. The molecule has 20 heavy (non-hydrogen) atoms. The van der Waals surface area contributed by atoms with Gasteiger partial charge in [0.2, 0.25) is 5.91 Å². The smallest absolute Gasteiger partial charge is 0.230 e. The van der Waals surface area contributed by atoms with Crippen LogP contribution in [0.1, 0.15) is 12.0 Å². The van der Waals surface area contributed by atoms with Crippen LogP contribution in [0.5, 0.6) is 0 Å². The van der Waals surface area contributed by atoms with E-state index >= 15 is 0 Å². The number of hydrogen-bond donors (Lipinski definition) is 2. The van der Waals surface area contributed by atoms with E-state index in [1.165, 1.54) is 23.9 Å². The standard InChI is InChI=1S/C14H20FNO3S/c1-19-8-13(6-7-17)16-14(18)10-20-9-11-2-4-12(15)5-3-11/h2-5,13,17H,6-10H2,1H3,(H,16,18). The lowest BCUT2D eigenvalue weighted by atomic mass is 10.2. The SMILES string of the molecule is COCC(CCO)NC(=O)CSCc1ccc(F)cc1. The second-order valence-electron chi connectivity index (χ2n) is 4.35. The number of hydrogen-bond acceptors (Lipinski definition) is 4. The predicted octanol–water partition coefficient (Wildman–Crippen LogP) is 1.57. The Balaban J connectivity index is 2.26. The summed E-state index contributed by atoms with van der Waals surface area (Å²) in [5.41, 5.74) is 0.980. The molecule has 0 aromatic heterocycles. The molecule has 6 heteroatoms. The molecule has 0 aliphatic rings. The van der Waals surface area contributed by atoms with Gasteiger partial charge in [0, 0.05) is 19.5 Å². The highest BCUT2D eigenvalue weighted by molar-refractivity contribution is 7.99. The molecule has 1 unspecified atom stereocenters. The third-order valence-corrected chi connectivity index (χ3v) is 3.63. The highest BCUT2D eigenvalue weighted by Crippen LogP contribution is 2.12. The molecule has 1 aromatic carbocycles. The van der Waals surface area contributed by atoms with Crippen molar-refractivity contribution < 1.29 is 19.0 Å². The van der Waals surface area contributed by atoms with Gasteiger partial charge in [0.15, 0.2) is 0 Å². The molecule has 1 aromatic rings. The van der Waals surface area contributed by atoms with Gasteiger partial charge in [-0.2, -0.15) is 0 Å². The zero-order valence-electron chi connectivity index (χ0n) is 11.5. The summed E-state index contributed by atoms with van der Waals surface area (Å²) in [6.07, 6.45) is 0.474. The third kappa shape index (κ3) is 6.88. The van der Waals surface area contributed by atoms with Crippen molar-refractivity contribution in [1.29, 1.82) is 0 Å². The summed E-state index contributed by atoms with van der Waals surface area (Å²) in [7, 11) is 1.56. The van der Waals surface area contributed by atoms with Gasteiger partial charge in [0.25, 0.3) is 0 Å². The van der Waals surface area contributed by atoms with Crippen molar-refractivity contribution in [2.24, 2.45) is 0 Å². The van der Waals surface area contributed by atoms with E-state index < -0.39 is 0 Å². The molecule has 0 saturated heterocycles. The summed E-state index contributed by atoms with van der Waals surface area (Å²) in [4.78, 5) is 11.7. The van der Waals surface area contributed by atoms with Crippen LogP contribution in [0.3, 0.4) is 0 Å². The first-order chi connectivity index (χ1) is 9.65. The molecule has 0 bridgehead atoms. The highest BCUT2D eigenvalue weighted by atomic mass is 32.2. The minimum absolute atomic E-state index is 0.0109. The van der Waals surface area contributed by atoms with Crippen molar-refractivity contribution in [2.75, 3.05) is 26.1 Å². The molecule has 0 saturated carbocycles. The zero-order chi connectivity index (χ0) is 14.8. The summed E-state index contributed by atoms with van der Waals surface area (Å²) in [5, 5.41) is 11.7. The average Bonchev–Trinajstić information content (AvgIpc) is 2.41. The Bertz CT molecular complexity index is 394. The molecule has 112 valence electrons. The summed E-state index contributed by atoms with van der Waals surface area (Å²) < 4.78 is 17.7. The van der Waals surface area contributed by atoms with Gasteiger partial charge >= 0.3 is 0 Å². The van der Waals surface area contributed by atoms with Crippen LogP contribution in [0.15, 0.2) is 24.3 Å². The van der Waals surface area contributed by atoms with Crippen LogP contribution in [0.2, 0.25) is 0 Å². The molecule has 0 spiro atoms. The molecule has 2 N–H and O–H groups in total. The number of methoxy groups -OCH3 is 1. The van der Waals surface area contributed by atoms with Crippen molar-refractivity contribution in [3.63, 3.8) is 0 Å². The fourth-order valence-electron chi connectivity index (χ4n) is 1.67. The quantitative estimate of drug-likeness (QED) is 0.727. The van der Waals surface area contributed by atoms with E-state index in [0.29, 0.717) is 24.5 Å². The van der Waals surface area contributed by atoms with Gasteiger partial charge in [-0.3, -0.25) is 4.79 Å². The number of carbonyl (C=O) groups excluding carboxylic acids is 1. The lowest BCUT2D eigenvalue weighted by molar-refractivity contribution is -0.119. The maximum Gasteiger partial charge on any atom is 0.230 e. The highest BCUT2D eigenvalue weighted by Gasteiger charge is 2.11. The van der Waals surface area contributed by atoms with Crippen LogP contribution in [-0.4, -0.2) is 43.1 Å². The Kier molecular flexibility index (Phi) is 8.25. The van der Waals surface area contributed by atoms with Crippen LogP contribution < -0.4 is 5.32 Å². The number of nitrogens with one attached hydrogen (secondary N) is 1. The number of amides is 1. The number of rotatable bonds is 9. The van der Waals surface area contributed by atoms with E-state index in [-0.39, 0.29) is 24.4 Å². The lowest BCUT2D eigenvalue weighted by Gasteiger charge is -2.16. The summed E-state index contributed by atoms with van der Waals surface area (Å²) >= 11 is 1.46. The molecular weight excluding hydrogens is 281 g/mol. The molecule has 1 amide bonds. The largest absolute Gasteiger partial charge is 0.396 e. The van der Waals surface area contributed by atoms with E-state index in [1.54, 1.807) is 19.2 Å². The first kappa shape index (κ1) is 16.9. The first-order valence-electron chi connectivity index (χ1n) is 6.37. The van der Waals surface area contributed by atoms with E-state index in [9.17, 15) is 9.18 Å². The molecule has 4 nitrogen and oxygen atoms in total. The fourth-order valence-corrected chi connectivity index (χ4v) is 2.46. The number of halogens is 1. The number of ether oxygens (including phenoxy) is 1. The summed E-state index contributed by atoms with van der Waals surface area (Å²) in [6.45, 7) is 0.395. The van der Waals surface area contributed by atoms with Crippen molar-refractivity contribution >= 4 is 17.7 Å². The van der Waals surface area contributed by atoms with E-state index in [4.69, 9.17) is 9.84 Å². The monoisotopic (exact) mass is 301 g/mol. The third-order valence-electron chi connectivity index (χ3n) is 2.63. The Labute approximate surface area is 122 Å². The normalized spacial score (nSPS) is 12.2. The van der Waals surface area contributed by atoms with Crippen molar-refractivity contribution in [3.05, 3.63) is 35.6 Å². The number of aliphatic hydroxyl groups excluding tert-OH is 1. The van der Waals surface area contributed by atoms with E-state index in [1.807, 2.05) is 0 Å². The van der Waals surface area contributed by atoms with Crippen molar-refractivity contribution in [3.8, 4) is 0 Å². The second-order valence-corrected chi connectivity index (χ2v) is 5.34. The number of thioether (sulfide) groups is 1. The summed E-state index contributed by atoms with van der Waals surface area (Å²) in [5.74, 6) is 0.626. The molecule has 0 radical (unpaired) electrons. The van der Waals surface area contributed by atoms with Gasteiger partial charge < -0.3 is 15.2 Å². The Morgan fingerprint density at radius 1 is 1.45 bits per heavy atom. The van der Waals surface area contributed by atoms with Crippen LogP contribution in [-0.2, 0) is 15.3 Å². The van der Waals surface area contributed by atoms with Crippen molar-refractivity contribution in [1.82, 2.24) is 5.32 Å². The number of aliphatic hydroxyl groups is 1. The van der Waals surface area contributed by atoms with Crippen LogP contribution in [0.4, 0.5) is 4.39 Å². The fraction of sp³-hybridized carbons (Fsp3) is 0.500. The van der Waals surface area contributed by atoms with Gasteiger partial charge in [-0.15, -0.1) is 11.8 Å². The van der Waals surface area contributed by atoms with Gasteiger partial charge in [-0.05, 0) is 24.1 Å². The number of carbonyl (C=O) groups is 1. The molecule has 1 rings (SSSR count). The molecule has 1 atom stereocenters. The van der Waals surface area contributed by atoms with E-state index in [0.717, 1.165) is 5.56 Å². The maximum absolute atomic E-state index is 12.7. The molecular formula is C14H20FNO3S. The minimum Gasteiger partial charge on any atom is -0.396 e. The lowest BCUT2D eigenvalue weighted by Crippen LogP contribution is -2.39. The molecule has 0 aliphatic carbocycles. The minimum atomic E-state index is -0.261. The van der Waals surface area contributed by atoms with Gasteiger partial charge in [-0.25, -0.2) is 4.39 Å². The Hall–Kier alpha value is -1.11. The van der Waals surface area contributed by atoms with Gasteiger partial charge in [0.05, 0.1) is 18.4 Å². The first-order valence-corrected chi connectivity index (χ1v) is 7.52. The second kappa shape index (κ2) is 9.74. The van der Waals surface area contributed by atoms with Crippen LogP contribution >= 0.6 is 11.8 Å². The van der Waals surface area contributed by atoms with E-state index in [2.05, 4.69) is 5.32 Å². The predicted molar refractivity (Wildman–Crippen MR) is 78.1 cm³/mol. The van der Waals surface area contributed by atoms with Gasteiger partial charge in [-0.1, -0.05) is 12.1 Å². The Morgan fingerprint density at radius 3 is 2.75 bits per heavy atom. The average molecular weight is 301 g/mol. The van der Waals surface area contributed by atoms with Crippen molar-refractivity contribution in [2.45, 2.75) is 18.2 Å². The summed E-state index contributed by atoms with van der Waals surface area (Å²) in [6, 6.07) is 6.07. The molecule has 0 aliphatic heterocycles. The maximum atomic E-state index is 12.7. The van der Waals surface area contributed by atoms with Gasteiger partial charge in [0.1, 0.15) is 5.82 Å². The number of benzene rings is 1.